The van der Waals surface area contributed by atoms with E-state index in [1.54, 1.807) is 19.9 Å². The van der Waals surface area contributed by atoms with Gasteiger partial charge in [0.15, 0.2) is 17.0 Å². The van der Waals surface area contributed by atoms with Crippen LogP contribution >= 0.6 is 0 Å². The number of nitrogens with zero attached hydrogens (tertiary/aromatic N) is 4. The van der Waals surface area contributed by atoms with Gasteiger partial charge in [-0.15, -0.1) is 0 Å². The number of aliphatic hydroxyl groups is 1. The summed E-state index contributed by atoms with van der Waals surface area (Å²) in [5.41, 5.74) is 7.61. The van der Waals surface area contributed by atoms with E-state index in [0.29, 0.717) is 41.1 Å². The fourth-order valence-electron chi connectivity index (χ4n) is 4.01. The van der Waals surface area contributed by atoms with Crippen LogP contribution in [0.15, 0.2) is 24.5 Å². The number of nitrogens with one attached hydrogen (secondary N) is 2. The first kappa shape index (κ1) is 22.3. The molecule has 1 atom stereocenters. The normalized spacial score (nSPS) is 16.3. The number of hydrogen-bond acceptors (Lipinski definition) is 7. The van der Waals surface area contributed by atoms with Crippen LogP contribution in [0.3, 0.4) is 0 Å². The number of hydrogen-bond donors (Lipinski definition) is 4. The molecule has 2 heterocycles. The highest BCUT2D eigenvalue weighted by atomic mass is 19.1. The van der Waals surface area contributed by atoms with Crippen LogP contribution in [0.1, 0.15) is 64.5 Å². The maximum absolute atomic E-state index is 13.7. The first-order valence-corrected chi connectivity index (χ1v) is 11.2. The van der Waals surface area contributed by atoms with Crippen LogP contribution in [0.5, 0.6) is 0 Å². The molecule has 4 rings (SSSR count). The molecular formula is C23H32FN7O. The van der Waals surface area contributed by atoms with Crippen molar-refractivity contribution in [2.75, 3.05) is 16.4 Å². The lowest BCUT2D eigenvalue weighted by Crippen LogP contribution is -2.39. The molecule has 1 aliphatic rings. The van der Waals surface area contributed by atoms with Gasteiger partial charge >= 0.3 is 0 Å². The highest BCUT2D eigenvalue weighted by Gasteiger charge is 2.25. The van der Waals surface area contributed by atoms with Gasteiger partial charge in [0.05, 0.1) is 18.0 Å². The molecule has 0 radical (unpaired) electrons. The molecular weight excluding hydrogens is 409 g/mol. The van der Waals surface area contributed by atoms with Crippen molar-refractivity contribution in [1.82, 2.24) is 19.5 Å². The zero-order valence-electron chi connectivity index (χ0n) is 18.9. The predicted octanol–water partition coefficient (Wildman–Crippen LogP) is 4.24. The fourth-order valence-corrected chi connectivity index (χ4v) is 4.01. The van der Waals surface area contributed by atoms with Crippen molar-refractivity contribution in [1.29, 1.82) is 0 Å². The number of anilines is 3. The number of halogens is 1. The van der Waals surface area contributed by atoms with Gasteiger partial charge in [-0.25, -0.2) is 9.37 Å². The average molecular weight is 442 g/mol. The number of nitrogens with two attached hydrogens (primary N) is 1. The molecule has 1 saturated carbocycles. The Morgan fingerprint density at radius 3 is 2.72 bits per heavy atom. The van der Waals surface area contributed by atoms with Crippen LogP contribution in [-0.2, 0) is 6.54 Å². The third kappa shape index (κ3) is 4.77. The van der Waals surface area contributed by atoms with Gasteiger partial charge in [0, 0.05) is 18.3 Å². The van der Waals surface area contributed by atoms with E-state index in [0.717, 1.165) is 18.5 Å². The Morgan fingerprint density at radius 1 is 1.25 bits per heavy atom. The van der Waals surface area contributed by atoms with E-state index < -0.39 is 5.60 Å². The maximum atomic E-state index is 13.7. The van der Waals surface area contributed by atoms with E-state index >= 15 is 0 Å². The standard InChI is InChI=1S/C23H32FN7O/c1-14(23(2,3)32)28-22-29-20(26-12-15-11-16(24)9-10-18(15)25)19-21(30-22)31(13-27-19)17-7-5-4-6-8-17/h9-11,13-14,17,32H,4-8,12,25H2,1-3H3,(H2,26,28,29,30). The second kappa shape index (κ2) is 8.90. The number of nitrogen functional groups attached to an aromatic ring is 1. The average Bonchev–Trinajstić information content (AvgIpc) is 3.18. The Hall–Kier alpha value is -2.94. The second-order valence-electron chi connectivity index (χ2n) is 9.23. The van der Waals surface area contributed by atoms with E-state index in [1.165, 1.54) is 31.4 Å². The van der Waals surface area contributed by atoms with Gasteiger partial charge in [0.25, 0.3) is 0 Å². The molecule has 172 valence electrons. The molecule has 0 saturated heterocycles. The summed E-state index contributed by atoms with van der Waals surface area (Å²) in [5, 5.41) is 16.8. The van der Waals surface area contributed by atoms with Crippen molar-refractivity contribution < 1.29 is 9.50 Å². The number of aromatic nitrogens is 4. The summed E-state index contributed by atoms with van der Waals surface area (Å²) in [6, 6.07) is 4.38. The number of imidazole rings is 1. The third-order valence-electron chi connectivity index (χ3n) is 6.35. The van der Waals surface area contributed by atoms with Gasteiger partial charge in [-0.3, -0.25) is 0 Å². The summed E-state index contributed by atoms with van der Waals surface area (Å²) in [5.74, 6) is 0.602. The van der Waals surface area contributed by atoms with Crippen LogP contribution in [0, 0.1) is 5.82 Å². The molecule has 0 amide bonds. The minimum Gasteiger partial charge on any atom is -0.398 e. The molecule has 2 aromatic heterocycles. The lowest BCUT2D eigenvalue weighted by molar-refractivity contribution is 0.0646. The van der Waals surface area contributed by atoms with Crippen molar-refractivity contribution >= 4 is 28.6 Å². The molecule has 1 aliphatic carbocycles. The molecule has 32 heavy (non-hydrogen) atoms. The van der Waals surface area contributed by atoms with Crippen LogP contribution in [-0.4, -0.2) is 36.3 Å². The zero-order valence-corrected chi connectivity index (χ0v) is 18.9. The van der Waals surface area contributed by atoms with Crippen LogP contribution in [0.2, 0.25) is 0 Å². The predicted molar refractivity (Wildman–Crippen MR) is 125 cm³/mol. The molecule has 1 unspecified atom stereocenters. The Labute approximate surface area is 187 Å². The van der Waals surface area contributed by atoms with E-state index in [-0.39, 0.29) is 11.9 Å². The molecule has 8 nitrogen and oxygen atoms in total. The lowest BCUT2D eigenvalue weighted by Gasteiger charge is -2.27. The van der Waals surface area contributed by atoms with Crippen molar-refractivity contribution in [3.8, 4) is 0 Å². The van der Waals surface area contributed by atoms with Crippen molar-refractivity contribution in [2.24, 2.45) is 0 Å². The van der Waals surface area contributed by atoms with E-state index in [9.17, 15) is 9.50 Å². The molecule has 9 heteroatoms. The Kier molecular flexibility index (Phi) is 6.19. The summed E-state index contributed by atoms with van der Waals surface area (Å²) < 4.78 is 15.8. The summed E-state index contributed by atoms with van der Waals surface area (Å²) in [4.78, 5) is 14.0. The summed E-state index contributed by atoms with van der Waals surface area (Å²) in [6.45, 7) is 5.65. The number of benzene rings is 1. The minimum absolute atomic E-state index is 0.280. The Balaban J connectivity index is 1.70. The van der Waals surface area contributed by atoms with Crippen molar-refractivity contribution in [3.05, 3.63) is 35.9 Å². The van der Waals surface area contributed by atoms with E-state index in [1.807, 2.05) is 13.3 Å². The summed E-state index contributed by atoms with van der Waals surface area (Å²) in [6.07, 6.45) is 7.68. The largest absolute Gasteiger partial charge is 0.398 e. The molecule has 0 aliphatic heterocycles. The Bertz CT molecular complexity index is 1090. The van der Waals surface area contributed by atoms with Gasteiger partial charge in [0.2, 0.25) is 5.95 Å². The van der Waals surface area contributed by atoms with Crippen molar-refractivity contribution in [3.63, 3.8) is 0 Å². The van der Waals surface area contributed by atoms with Crippen LogP contribution in [0.25, 0.3) is 11.2 Å². The Morgan fingerprint density at radius 2 is 2.00 bits per heavy atom. The first-order valence-electron chi connectivity index (χ1n) is 11.2. The van der Waals surface area contributed by atoms with E-state index in [4.69, 9.17) is 10.7 Å². The summed E-state index contributed by atoms with van der Waals surface area (Å²) >= 11 is 0. The SMILES string of the molecule is CC(Nc1nc(NCc2cc(F)ccc2N)c2ncn(C3CCCCC3)c2n1)C(C)(C)O. The maximum Gasteiger partial charge on any atom is 0.227 e. The number of rotatable bonds is 7. The highest BCUT2D eigenvalue weighted by molar-refractivity contribution is 5.84. The molecule has 1 fully saturated rings. The topological polar surface area (TPSA) is 114 Å². The van der Waals surface area contributed by atoms with Crippen LogP contribution < -0.4 is 16.4 Å². The molecule has 0 spiro atoms. The second-order valence-corrected chi connectivity index (χ2v) is 9.23. The van der Waals surface area contributed by atoms with Crippen LogP contribution in [0.4, 0.5) is 21.8 Å². The fraction of sp³-hybridized carbons (Fsp3) is 0.522. The van der Waals surface area contributed by atoms with Crippen molar-refractivity contribution in [2.45, 2.75) is 77.1 Å². The van der Waals surface area contributed by atoms with Gasteiger partial charge in [-0.2, -0.15) is 9.97 Å². The van der Waals surface area contributed by atoms with Gasteiger partial charge in [0.1, 0.15) is 5.82 Å². The zero-order chi connectivity index (χ0) is 22.9. The molecule has 1 aromatic carbocycles. The molecule has 0 bridgehead atoms. The monoisotopic (exact) mass is 441 g/mol. The molecule has 3 aromatic rings. The van der Waals surface area contributed by atoms with Gasteiger partial charge < -0.3 is 26.0 Å². The van der Waals surface area contributed by atoms with Gasteiger partial charge in [-0.05, 0) is 57.4 Å². The third-order valence-corrected chi connectivity index (χ3v) is 6.35. The molecule has 5 N–H and O–H groups in total. The minimum atomic E-state index is -0.953. The van der Waals surface area contributed by atoms with Gasteiger partial charge in [-0.1, -0.05) is 19.3 Å². The first-order chi connectivity index (χ1) is 15.2. The number of fused-ring (bicyclic) bond motifs is 1. The smallest absolute Gasteiger partial charge is 0.227 e. The van der Waals surface area contributed by atoms with E-state index in [2.05, 4.69) is 25.2 Å². The summed E-state index contributed by atoms with van der Waals surface area (Å²) in [7, 11) is 0. The quantitative estimate of drug-likeness (QED) is 0.406. The lowest BCUT2D eigenvalue weighted by atomic mass is 9.95. The highest BCUT2D eigenvalue weighted by Crippen LogP contribution is 2.32.